The van der Waals surface area contributed by atoms with E-state index in [0.29, 0.717) is 32.6 Å². The molecule has 6 rings (SSSR count). The first kappa shape index (κ1) is 23.4. The van der Waals surface area contributed by atoms with Crippen molar-refractivity contribution in [3.05, 3.63) is 88.3 Å². The number of rotatable bonds is 5. The first-order valence-electron chi connectivity index (χ1n) is 12.0. The predicted octanol–water partition coefficient (Wildman–Crippen LogP) is 5.42. The molecule has 1 saturated heterocycles. The Bertz CT molecular complexity index is 1540. The van der Waals surface area contributed by atoms with E-state index in [1.807, 2.05) is 22.9 Å². The van der Waals surface area contributed by atoms with Gasteiger partial charge in [-0.15, -0.1) is 0 Å². The Labute approximate surface area is 219 Å². The molecule has 2 N–H and O–H groups in total. The monoisotopic (exact) mass is 517 g/mol. The highest BCUT2D eigenvalue weighted by atomic mass is 35.5. The maximum absolute atomic E-state index is 10.2. The summed E-state index contributed by atoms with van der Waals surface area (Å²) in [4.78, 5) is 12.1. The number of pyridine rings is 2. The van der Waals surface area contributed by atoms with E-state index in [4.69, 9.17) is 33.2 Å². The molecule has 0 amide bonds. The third-order valence-electron chi connectivity index (χ3n) is 6.80. The Morgan fingerprint density at radius 2 is 1.69 bits per heavy atom. The van der Waals surface area contributed by atoms with Crippen LogP contribution in [0.15, 0.2) is 67.0 Å². The molecule has 1 fully saturated rings. The molecule has 0 aliphatic carbocycles. The summed E-state index contributed by atoms with van der Waals surface area (Å²) in [5.41, 5.74) is 6.76. The Kier molecular flexibility index (Phi) is 6.37. The van der Waals surface area contributed by atoms with E-state index in [0.717, 1.165) is 54.8 Å². The number of hydrogen-bond acceptors (Lipinski definition) is 5. The number of halogens is 2. The lowest BCUT2D eigenvalue weighted by atomic mass is 10.0. The van der Waals surface area contributed by atoms with Crippen LogP contribution >= 0.6 is 23.2 Å². The summed E-state index contributed by atoms with van der Waals surface area (Å²) in [6, 6.07) is 18.1. The highest BCUT2D eigenvalue weighted by Crippen LogP contribution is 2.37. The minimum Gasteiger partial charge on any atom is -0.390 e. The van der Waals surface area contributed by atoms with Gasteiger partial charge in [-0.1, -0.05) is 53.5 Å². The van der Waals surface area contributed by atoms with Crippen molar-refractivity contribution in [1.82, 2.24) is 24.6 Å². The zero-order chi connectivity index (χ0) is 24.6. The van der Waals surface area contributed by atoms with Gasteiger partial charge in [0.05, 0.1) is 33.6 Å². The summed E-state index contributed by atoms with van der Waals surface area (Å²) in [6.07, 6.45) is 3.77. The van der Waals surface area contributed by atoms with Gasteiger partial charge < -0.3 is 14.8 Å². The quantitative estimate of drug-likeness (QED) is 0.325. The van der Waals surface area contributed by atoms with Crippen LogP contribution in [0.25, 0.3) is 38.9 Å². The maximum atomic E-state index is 10.2. The largest absolute Gasteiger partial charge is 0.390 e. The Morgan fingerprint density at radius 3 is 2.42 bits per heavy atom. The van der Waals surface area contributed by atoms with Crippen LogP contribution in [0.4, 0.5) is 0 Å². The standard InChI is InChI=1S/C28H25Cl2N5O/c29-22-2-1-3-23(30)26(22)27-25(17-36)35-11-8-24-21(28(35)33-27)14-20(15-32-24)19-6-4-18(5-7-19)16-34-12-9-31-10-13-34/h1-8,11,14-15,31,36H,9-10,12-13,16-17H2. The van der Waals surface area contributed by atoms with Crippen LogP contribution in [0.5, 0.6) is 0 Å². The number of aliphatic hydroxyl groups excluding tert-OH is 1. The molecule has 6 nitrogen and oxygen atoms in total. The van der Waals surface area contributed by atoms with Crippen LogP contribution < -0.4 is 5.32 Å². The second-order valence-electron chi connectivity index (χ2n) is 9.05. The summed E-state index contributed by atoms with van der Waals surface area (Å²) in [6.45, 7) is 5.01. The van der Waals surface area contributed by atoms with Gasteiger partial charge in [-0.3, -0.25) is 9.88 Å². The lowest BCUT2D eigenvalue weighted by Crippen LogP contribution is -2.42. The summed E-state index contributed by atoms with van der Waals surface area (Å²) in [5, 5.41) is 15.5. The van der Waals surface area contributed by atoms with Gasteiger partial charge in [-0.2, -0.15) is 0 Å². The normalized spacial score (nSPS) is 14.6. The number of fused-ring (bicyclic) bond motifs is 3. The predicted molar refractivity (Wildman–Crippen MR) is 145 cm³/mol. The molecule has 0 unspecified atom stereocenters. The van der Waals surface area contributed by atoms with Crippen molar-refractivity contribution >= 4 is 39.8 Å². The van der Waals surface area contributed by atoms with Crippen LogP contribution in [0, 0.1) is 0 Å². The summed E-state index contributed by atoms with van der Waals surface area (Å²) in [5.74, 6) is 0. The molecule has 0 spiro atoms. The maximum Gasteiger partial charge on any atom is 0.147 e. The average molecular weight is 518 g/mol. The molecule has 3 aromatic heterocycles. The van der Waals surface area contributed by atoms with Crippen molar-refractivity contribution in [2.45, 2.75) is 13.2 Å². The zero-order valence-corrected chi connectivity index (χ0v) is 21.1. The molecular weight excluding hydrogens is 493 g/mol. The summed E-state index contributed by atoms with van der Waals surface area (Å²) >= 11 is 13.0. The molecule has 0 atom stereocenters. The minimum absolute atomic E-state index is 0.203. The molecule has 0 radical (unpaired) electrons. The van der Waals surface area contributed by atoms with Gasteiger partial charge >= 0.3 is 0 Å². The molecular formula is C28H25Cl2N5O. The van der Waals surface area contributed by atoms with Crippen LogP contribution in [0.1, 0.15) is 11.3 Å². The Hall–Kier alpha value is -3.00. The van der Waals surface area contributed by atoms with Crippen molar-refractivity contribution in [2.24, 2.45) is 0 Å². The van der Waals surface area contributed by atoms with Crippen molar-refractivity contribution in [3.8, 4) is 22.4 Å². The van der Waals surface area contributed by atoms with Crippen molar-refractivity contribution < 1.29 is 5.11 Å². The topological polar surface area (TPSA) is 65.7 Å². The first-order chi connectivity index (χ1) is 17.6. The Morgan fingerprint density at radius 1 is 0.944 bits per heavy atom. The SMILES string of the molecule is OCc1c(-c2c(Cl)cccc2Cl)nc2c3cc(-c4ccc(CN5CCNCC5)cc4)cnc3ccn12. The smallest absolute Gasteiger partial charge is 0.147 e. The molecule has 0 bridgehead atoms. The molecule has 4 heterocycles. The van der Waals surface area contributed by atoms with Crippen LogP contribution in [-0.4, -0.2) is 50.6 Å². The second kappa shape index (κ2) is 9.81. The Balaban J connectivity index is 1.41. The molecule has 1 aliphatic heterocycles. The van der Waals surface area contributed by atoms with E-state index in [-0.39, 0.29) is 6.61 Å². The lowest BCUT2D eigenvalue weighted by molar-refractivity contribution is 0.233. The van der Waals surface area contributed by atoms with E-state index >= 15 is 0 Å². The van der Waals surface area contributed by atoms with E-state index in [2.05, 4.69) is 40.5 Å². The fourth-order valence-corrected chi connectivity index (χ4v) is 5.49. The van der Waals surface area contributed by atoms with Crippen LogP contribution in [0.3, 0.4) is 0 Å². The van der Waals surface area contributed by atoms with Crippen molar-refractivity contribution in [2.75, 3.05) is 26.2 Å². The number of nitrogens with zero attached hydrogens (tertiary/aromatic N) is 4. The number of imidazole rings is 1. The number of aliphatic hydroxyl groups is 1. The fourth-order valence-electron chi connectivity index (χ4n) is 4.91. The lowest BCUT2D eigenvalue weighted by Gasteiger charge is -2.27. The van der Waals surface area contributed by atoms with Gasteiger partial charge in [0, 0.05) is 61.6 Å². The zero-order valence-electron chi connectivity index (χ0n) is 19.6. The molecule has 36 heavy (non-hydrogen) atoms. The van der Waals surface area contributed by atoms with Crippen LogP contribution in [0.2, 0.25) is 10.0 Å². The van der Waals surface area contributed by atoms with E-state index in [1.54, 1.807) is 18.2 Å². The van der Waals surface area contributed by atoms with Crippen molar-refractivity contribution in [1.29, 1.82) is 0 Å². The minimum atomic E-state index is -0.203. The molecule has 182 valence electrons. The van der Waals surface area contributed by atoms with E-state index in [9.17, 15) is 5.11 Å². The van der Waals surface area contributed by atoms with Gasteiger partial charge in [0.15, 0.2) is 0 Å². The fraction of sp³-hybridized carbons (Fsp3) is 0.214. The molecule has 5 aromatic rings. The molecule has 8 heteroatoms. The average Bonchev–Trinajstić information content (AvgIpc) is 3.28. The second-order valence-corrected chi connectivity index (χ2v) is 9.87. The van der Waals surface area contributed by atoms with Gasteiger partial charge in [-0.25, -0.2) is 4.98 Å². The highest BCUT2D eigenvalue weighted by Gasteiger charge is 2.20. The number of benzene rings is 2. The van der Waals surface area contributed by atoms with Crippen LogP contribution in [-0.2, 0) is 13.2 Å². The van der Waals surface area contributed by atoms with Gasteiger partial charge in [0.25, 0.3) is 0 Å². The molecule has 0 saturated carbocycles. The van der Waals surface area contributed by atoms with E-state index < -0.39 is 0 Å². The first-order valence-corrected chi connectivity index (χ1v) is 12.8. The summed E-state index contributed by atoms with van der Waals surface area (Å²) < 4.78 is 1.89. The number of aromatic nitrogens is 3. The molecule has 1 aliphatic rings. The summed E-state index contributed by atoms with van der Waals surface area (Å²) in [7, 11) is 0. The third-order valence-corrected chi connectivity index (χ3v) is 7.43. The van der Waals surface area contributed by atoms with E-state index in [1.165, 1.54) is 5.56 Å². The highest BCUT2D eigenvalue weighted by molar-refractivity contribution is 6.39. The number of piperazine rings is 1. The van der Waals surface area contributed by atoms with Gasteiger partial charge in [0.1, 0.15) is 5.65 Å². The number of nitrogens with one attached hydrogen (secondary N) is 1. The number of hydrogen-bond donors (Lipinski definition) is 2. The third kappa shape index (κ3) is 4.25. The van der Waals surface area contributed by atoms with Gasteiger partial charge in [-0.05, 0) is 35.4 Å². The molecule has 2 aromatic carbocycles. The van der Waals surface area contributed by atoms with Crippen molar-refractivity contribution in [3.63, 3.8) is 0 Å². The van der Waals surface area contributed by atoms with Gasteiger partial charge in [0.2, 0.25) is 0 Å².